The highest BCUT2D eigenvalue weighted by Crippen LogP contribution is 2.21. The third-order valence-corrected chi connectivity index (χ3v) is 3.36. The summed E-state index contributed by atoms with van der Waals surface area (Å²) in [6.07, 6.45) is 3.37. The number of oxazole rings is 1. The molecular formula is C16H21N3O2. The molecule has 21 heavy (non-hydrogen) atoms. The number of anilines is 1. The van der Waals surface area contributed by atoms with E-state index in [0.29, 0.717) is 12.4 Å². The third-order valence-electron chi connectivity index (χ3n) is 3.36. The number of benzene rings is 1. The van der Waals surface area contributed by atoms with E-state index in [1.54, 1.807) is 13.2 Å². The number of amides is 1. The van der Waals surface area contributed by atoms with Crippen LogP contribution < -0.4 is 11.1 Å². The molecule has 112 valence electrons. The van der Waals surface area contributed by atoms with Crippen LogP contribution in [-0.4, -0.2) is 17.4 Å². The average Bonchev–Trinajstić information content (AvgIpc) is 2.92. The number of hydrogen-bond acceptors (Lipinski definition) is 4. The van der Waals surface area contributed by atoms with Gasteiger partial charge in [0.1, 0.15) is 12.0 Å². The van der Waals surface area contributed by atoms with Crippen LogP contribution in [0.1, 0.15) is 25.7 Å². The van der Waals surface area contributed by atoms with Crippen LogP contribution in [0.15, 0.2) is 34.9 Å². The van der Waals surface area contributed by atoms with Gasteiger partial charge in [-0.25, -0.2) is 4.98 Å². The molecule has 5 nitrogen and oxygen atoms in total. The first-order valence-corrected chi connectivity index (χ1v) is 7.17. The molecule has 1 aromatic heterocycles. The maximum absolute atomic E-state index is 12.1. The van der Waals surface area contributed by atoms with E-state index in [1.165, 1.54) is 0 Å². The first-order valence-electron chi connectivity index (χ1n) is 7.17. The fourth-order valence-electron chi connectivity index (χ4n) is 2.17. The Labute approximate surface area is 124 Å². The molecule has 0 fully saturated rings. The zero-order valence-electron chi connectivity index (χ0n) is 12.4. The topological polar surface area (TPSA) is 81.2 Å². The lowest BCUT2D eigenvalue weighted by molar-refractivity contribution is -0.119. The number of carbonyl (C=O) groups is 1. The Kier molecular flexibility index (Phi) is 5.11. The lowest BCUT2D eigenvalue weighted by Crippen LogP contribution is -2.29. The molecule has 0 bridgehead atoms. The van der Waals surface area contributed by atoms with E-state index in [-0.39, 0.29) is 11.8 Å². The van der Waals surface area contributed by atoms with E-state index < -0.39 is 0 Å². The van der Waals surface area contributed by atoms with Crippen molar-refractivity contribution in [2.24, 2.45) is 11.7 Å². The molecule has 1 aromatic carbocycles. The predicted molar refractivity (Wildman–Crippen MR) is 82.8 cm³/mol. The molecule has 0 aliphatic carbocycles. The van der Waals surface area contributed by atoms with Gasteiger partial charge in [-0.3, -0.25) is 4.79 Å². The number of nitrogens with one attached hydrogen (secondary N) is 1. The third kappa shape index (κ3) is 3.92. The number of aromatic nitrogens is 1. The van der Waals surface area contributed by atoms with Crippen LogP contribution >= 0.6 is 0 Å². The van der Waals surface area contributed by atoms with Crippen LogP contribution in [0.2, 0.25) is 0 Å². The summed E-state index contributed by atoms with van der Waals surface area (Å²) in [5.41, 5.74) is 8.14. The van der Waals surface area contributed by atoms with Gasteiger partial charge >= 0.3 is 0 Å². The first-order chi connectivity index (χ1) is 10.1. The standard InChI is InChI=1S/C16H21N3O2/c1-3-4-13(9-17)16(20)19-14-7-5-12(6-8-14)15-10-21-11(2)18-15/h5-8,10,13H,3-4,9,17H2,1-2H3,(H,19,20). The van der Waals surface area contributed by atoms with Gasteiger partial charge in [0.05, 0.1) is 5.92 Å². The van der Waals surface area contributed by atoms with Crippen molar-refractivity contribution in [3.05, 3.63) is 36.4 Å². The summed E-state index contributed by atoms with van der Waals surface area (Å²) in [5, 5.41) is 2.90. The van der Waals surface area contributed by atoms with Crippen molar-refractivity contribution in [3.8, 4) is 11.3 Å². The van der Waals surface area contributed by atoms with Crippen molar-refractivity contribution in [2.45, 2.75) is 26.7 Å². The average molecular weight is 287 g/mol. The molecule has 5 heteroatoms. The molecule has 0 spiro atoms. The Morgan fingerprint density at radius 3 is 2.62 bits per heavy atom. The van der Waals surface area contributed by atoms with E-state index >= 15 is 0 Å². The Morgan fingerprint density at radius 2 is 2.10 bits per heavy atom. The van der Waals surface area contributed by atoms with Crippen molar-refractivity contribution >= 4 is 11.6 Å². The Bertz CT molecular complexity index is 590. The number of carbonyl (C=O) groups excluding carboxylic acids is 1. The summed E-state index contributed by atoms with van der Waals surface area (Å²) in [5.74, 6) is 0.477. The fourth-order valence-corrected chi connectivity index (χ4v) is 2.17. The maximum Gasteiger partial charge on any atom is 0.228 e. The Morgan fingerprint density at radius 1 is 1.38 bits per heavy atom. The minimum Gasteiger partial charge on any atom is -0.449 e. The fraction of sp³-hybridized carbons (Fsp3) is 0.375. The molecule has 1 amide bonds. The highest BCUT2D eigenvalue weighted by molar-refractivity contribution is 5.92. The van der Waals surface area contributed by atoms with Gasteiger partial charge in [-0.2, -0.15) is 0 Å². The van der Waals surface area contributed by atoms with Crippen LogP contribution in [0, 0.1) is 12.8 Å². The summed E-state index contributed by atoms with van der Waals surface area (Å²) in [7, 11) is 0. The van der Waals surface area contributed by atoms with Gasteiger partial charge in [0.15, 0.2) is 5.89 Å². The molecule has 3 N–H and O–H groups in total. The van der Waals surface area contributed by atoms with Crippen LogP contribution in [0.25, 0.3) is 11.3 Å². The van der Waals surface area contributed by atoms with E-state index in [4.69, 9.17) is 10.2 Å². The summed E-state index contributed by atoms with van der Waals surface area (Å²) in [6, 6.07) is 7.53. The van der Waals surface area contributed by atoms with Crippen LogP contribution in [0.5, 0.6) is 0 Å². The van der Waals surface area contributed by atoms with E-state index in [2.05, 4.69) is 10.3 Å². The molecular weight excluding hydrogens is 266 g/mol. The van der Waals surface area contributed by atoms with E-state index in [0.717, 1.165) is 29.8 Å². The molecule has 1 unspecified atom stereocenters. The summed E-state index contributed by atoms with van der Waals surface area (Å²) in [6.45, 7) is 4.22. The summed E-state index contributed by atoms with van der Waals surface area (Å²) in [4.78, 5) is 16.3. The summed E-state index contributed by atoms with van der Waals surface area (Å²) < 4.78 is 5.19. The lowest BCUT2D eigenvalue weighted by atomic mass is 10.0. The maximum atomic E-state index is 12.1. The zero-order chi connectivity index (χ0) is 15.2. The molecule has 0 saturated carbocycles. The van der Waals surface area contributed by atoms with Gasteiger partial charge in [-0.05, 0) is 18.6 Å². The monoisotopic (exact) mass is 287 g/mol. The molecule has 0 radical (unpaired) electrons. The van der Waals surface area contributed by atoms with Gasteiger partial charge in [0, 0.05) is 24.7 Å². The van der Waals surface area contributed by atoms with Gasteiger partial charge in [-0.15, -0.1) is 0 Å². The Hall–Kier alpha value is -2.14. The second kappa shape index (κ2) is 7.04. The molecule has 0 aliphatic rings. The predicted octanol–water partition coefficient (Wildman–Crippen LogP) is 2.96. The smallest absolute Gasteiger partial charge is 0.228 e. The van der Waals surface area contributed by atoms with E-state index in [9.17, 15) is 4.79 Å². The van der Waals surface area contributed by atoms with Gasteiger partial charge in [0.25, 0.3) is 0 Å². The number of aryl methyl sites for hydroxylation is 1. The number of nitrogens with two attached hydrogens (primary N) is 1. The zero-order valence-corrected chi connectivity index (χ0v) is 12.4. The molecule has 0 saturated heterocycles. The molecule has 1 heterocycles. The van der Waals surface area contributed by atoms with E-state index in [1.807, 2.05) is 31.2 Å². The number of rotatable bonds is 6. The Balaban J connectivity index is 2.04. The number of hydrogen-bond donors (Lipinski definition) is 2. The highest BCUT2D eigenvalue weighted by Gasteiger charge is 2.15. The number of nitrogens with zero attached hydrogens (tertiary/aromatic N) is 1. The van der Waals surface area contributed by atoms with Crippen LogP contribution in [-0.2, 0) is 4.79 Å². The molecule has 1 atom stereocenters. The van der Waals surface area contributed by atoms with Crippen LogP contribution in [0.3, 0.4) is 0 Å². The van der Waals surface area contributed by atoms with Crippen molar-refractivity contribution in [1.82, 2.24) is 4.98 Å². The largest absolute Gasteiger partial charge is 0.449 e. The quantitative estimate of drug-likeness (QED) is 0.855. The minimum atomic E-state index is -0.132. The SMILES string of the molecule is CCCC(CN)C(=O)Nc1ccc(-c2coc(C)n2)cc1. The second-order valence-corrected chi connectivity index (χ2v) is 5.04. The highest BCUT2D eigenvalue weighted by atomic mass is 16.3. The van der Waals surface area contributed by atoms with Gasteiger partial charge < -0.3 is 15.5 Å². The summed E-state index contributed by atoms with van der Waals surface area (Å²) >= 11 is 0. The van der Waals surface area contributed by atoms with Gasteiger partial charge in [-0.1, -0.05) is 25.5 Å². The first kappa shape index (κ1) is 15.3. The van der Waals surface area contributed by atoms with Crippen molar-refractivity contribution < 1.29 is 9.21 Å². The van der Waals surface area contributed by atoms with Crippen molar-refractivity contribution in [3.63, 3.8) is 0 Å². The second-order valence-electron chi connectivity index (χ2n) is 5.04. The van der Waals surface area contributed by atoms with Crippen molar-refractivity contribution in [1.29, 1.82) is 0 Å². The van der Waals surface area contributed by atoms with Crippen molar-refractivity contribution in [2.75, 3.05) is 11.9 Å². The van der Waals surface area contributed by atoms with Crippen LogP contribution in [0.4, 0.5) is 5.69 Å². The molecule has 2 aromatic rings. The molecule has 2 rings (SSSR count). The molecule has 0 aliphatic heterocycles. The minimum absolute atomic E-state index is 0.0237. The lowest BCUT2D eigenvalue weighted by Gasteiger charge is -2.14. The van der Waals surface area contributed by atoms with Gasteiger partial charge in [0.2, 0.25) is 5.91 Å². The normalized spacial score (nSPS) is 12.1.